The number of benzene rings is 1. The molecule has 4 heteroatoms. The Kier molecular flexibility index (Phi) is 3.76. The lowest BCUT2D eigenvalue weighted by Gasteiger charge is -2.35. The first-order valence-electron chi connectivity index (χ1n) is 5.99. The number of carbonyl (C=O) groups is 1. The maximum absolute atomic E-state index is 11.2. The fourth-order valence-electron chi connectivity index (χ4n) is 2.10. The molecule has 0 aliphatic carbocycles. The van der Waals surface area contributed by atoms with Gasteiger partial charge in [0.25, 0.3) is 0 Å². The van der Waals surface area contributed by atoms with Gasteiger partial charge in [-0.05, 0) is 38.2 Å². The van der Waals surface area contributed by atoms with Crippen LogP contribution in [0.1, 0.15) is 17.3 Å². The molecule has 1 aliphatic heterocycles. The van der Waals surface area contributed by atoms with Crippen LogP contribution in [-0.2, 0) is 0 Å². The van der Waals surface area contributed by atoms with Crippen molar-refractivity contribution in [1.29, 1.82) is 0 Å². The maximum atomic E-state index is 11.2. The monoisotopic (exact) mass is 233 g/mol. The highest BCUT2D eigenvalue weighted by molar-refractivity contribution is 5.94. The second-order valence-corrected chi connectivity index (χ2v) is 4.30. The molecule has 0 saturated carbocycles. The number of piperazine rings is 1. The van der Waals surface area contributed by atoms with Crippen LogP contribution in [-0.4, -0.2) is 44.0 Å². The number of nitrogens with one attached hydrogen (secondary N) is 1. The summed E-state index contributed by atoms with van der Waals surface area (Å²) in [7, 11) is 1.96. The van der Waals surface area contributed by atoms with E-state index in [0.29, 0.717) is 0 Å². The summed E-state index contributed by atoms with van der Waals surface area (Å²) in [5.74, 6) is 0.122. The summed E-state index contributed by atoms with van der Waals surface area (Å²) in [6.45, 7) is 5.66. The van der Waals surface area contributed by atoms with E-state index in [4.69, 9.17) is 0 Å². The van der Waals surface area contributed by atoms with Crippen molar-refractivity contribution in [2.75, 3.05) is 38.1 Å². The standard InChI is InChI=1S/C13H19N3O/c1-11(17)12-3-5-13(6-4-12)15-7-9-16(14-2)10-8-15/h3-6,14H,7-10H2,1-2H3. The summed E-state index contributed by atoms with van der Waals surface area (Å²) < 4.78 is 0. The molecule has 2 rings (SSSR count). The van der Waals surface area contributed by atoms with Crippen LogP contribution >= 0.6 is 0 Å². The van der Waals surface area contributed by atoms with Crippen molar-refractivity contribution in [2.45, 2.75) is 6.92 Å². The van der Waals surface area contributed by atoms with Crippen LogP contribution < -0.4 is 10.3 Å². The van der Waals surface area contributed by atoms with Gasteiger partial charge in [-0.25, -0.2) is 5.01 Å². The van der Waals surface area contributed by atoms with Crippen LogP contribution in [0.2, 0.25) is 0 Å². The van der Waals surface area contributed by atoms with E-state index in [0.717, 1.165) is 31.7 Å². The highest BCUT2D eigenvalue weighted by Gasteiger charge is 2.15. The van der Waals surface area contributed by atoms with Gasteiger partial charge in [0.2, 0.25) is 0 Å². The Labute approximate surface area is 102 Å². The topological polar surface area (TPSA) is 35.6 Å². The van der Waals surface area contributed by atoms with Gasteiger partial charge in [-0.3, -0.25) is 10.2 Å². The Hall–Kier alpha value is -1.39. The molecule has 92 valence electrons. The third-order valence-corrected chi connectivity index (χ3v) is 3.23. The van der Waals surface area contributed by atoms with Crippen molar-refractivity contribution in [1.82, 2.24) is 10.4 Å². The number of rotatable bonds is 3. The number of anilines is 1. The van der Waals surface area contributed by atoms with E-state index in [1.165, 1.54) is 5.69 Å². The minimum absolute atomic E-state index is 0.122. The summed E-state index contributed by atoms with van der Waals surface area (Å²) in [4.78, 5) is 13.5. The third-order valence-electron chi connectivity index (χ3n) is 3.23. The van der Waals surface area contributed by atoms with E-state index >= 15 is 0 Å². The first-order chi connectivity index (χ1) is 8.20. The average Bonchev–Trinajstić information content (AvgIpc) is 2.39. The minimum Gasteiger partial charge on any atom is -0.369 e. The number of hydrazine groups is 1. The summed E-state index contributed by atoms with van der Waals surface area (Å²) in [6.07, 6.45) is 0. The van der Waals surface area contributed by atoms with Crippen LogP contribution in [0.25, 0.3) is 0 Å². The van der Waals surface area contributed by atoms with E-state index in [-0.39, 0.29) is 5.78 Å². The van der Waals surface area contributed by atoms with Gasteiger partial charge in [-0.1, -0.05) is 0 Å². The van der Waals surface area contributed by atoms with E-state index in [9.17, 15) is 4.79 Å². The molecule has 0 unspecified atom stereocenters. The molecule has 0 atom stereocenters. The Morgan fingerprint density at radius 1 is 1.12 bits per heavy atom. The van der Waals surface area contributed by atoms with Crippen LogP contribution in [0.5, 0.6) is 0 Å². The van der Waals surface area contributed by atoms with Gasteiger partial charge in [0.15, 0.2) is 5.78 Å². The van der Waals surface area contributed by atoms with Gasteiger partial charge in [0.1, 0.15) is 0 Å². The van der Waals surface area contributed by atoms with Gasteiger partial charge >= 0.3 is 0 Å². The van der Waals surface area contributed by atoms with E-state index in [1.807, 2.05) is 31.3 Å². The van der Waals surface area contributed by atoms with Crippen LogP contribution in [0, 0.1) is 0 Å². The van der Waals surface area contributed by atoms with Crippen LogP contribution in [0.4, 0.5) is 5.69 Å². The first kappa shape index (κ1) is 12.1. The molecule has 0 amide bonds. The Morgan fingerprint density at radius 2 is 1.71 bits per heavy atom. The largest absolute Gasteiger partial charge is 0.369 e. The zero-order valence-electron chi connectivity index (χ0n) is 10.4. The smallest absolute Gasteiger partial charge is 0.159 e. The van der Waals surface area contributed by atoms with E-state index in [1.54, 1.807) is 6.92 Å². The van der Waals surface area contributed by atoms with Gasteiger partial charge in [-0.2, -0.15) is 0 Å². The average molecular weight is 233 g/mol. The molecule has 1 fully saturated rings. The molecule has 1 aliphatic rings. The molecule has 0 spiro atoms. The molecular formula is C13H19N3O. The molecule has 0 bridgehead atoms. The van der Waals surface area contributed by atoms with Gasteiger partial charge in [-0.15, -0.1) is 0 Å². The summed E-state index contributed by atoms with van der Waals surface area (Å²) in [6, 6.07) is 7.88. The zero-order valence-corrected chi connectivity index (χ0v) is 10.4. The number of hydrogen-bond acceptors (Lipinski definition) is 4. The third kappa shape index (κ3) is 2.84. The summed E-state index contributed by atoms with van der Waals surface area (Å²) in [5.41, 5.74) is 5.14. The SMILES string of the molecule is CNN1CCN(c2ccc(C(C)=O)cc2)CC1. The lowest BCUT2D eigenvalue weighted by atomic mass is 10.1. The molecule has 0 aromatic heterocycles. The van der Waals surface area contributed by atoms with E-state index in [2.05, 4.69) is 15.3 Å². The van der Waals surface area contributed by atoms with Crippen molar-refractivity contribution in [3.63, 3.8) is 0 Å². The highest BCUT2D eigenvalue weighted by Crippen LogP contribution is 2.17. The van der Waals surface area contributed by atoms with Crippen molar-refractivity contribution >= 4 is 11.5 Å². The molecular weight excluding hydrogens is 214 g/mol. The summed E-state index contributed by atoms with van der Waals surface area (Å²) in [5, 5.41) is 2.21. The Morgan fingerprint density at radius 3 is 2.18 bits per heavy atom. The molecule has 1 aromatic rings. The maximum Gasteiger partial charge on any atom is 0.159 e. The predicted octanol–water partition coefficient (Wildman–Crippen LogP) is 1.15. The number of nitrogens with zero attached hydrogens (tertiary/aromatic N) is 2. The second-order valence-electron chi connectivity index (χ2n) is 4.30. The molecule has 1 N–H and O–H groups in total. The van der Waals surface area contributed by atoms with Gasteiger partial charge < -0.3 is 4.90 Å². The molecule has 4 nitrogen and oxygen atoms in total. The Balaban J connectivity index is 2.01. The van der Waals surface area contributed by atoms with Crippen LogP contribution in [0.15, 0.2) is 24.3 Å². The van der Waals surface area contributed by atoms with Crippen LogP contribution in [0.3, 0.4) is 0 Å². The highest BCUT2D eigenvalue weighted by atomic mass is 16.1. The van der Waals surface area contributed by atoms with Gasteiger partial charge in [0.05, 0.1) is 0 Å². The predicted molar refractivity (Wildman–Crippen MR) is 69.3 cm³/mol. The fraction of sp³-hybridized carbons (Fsp3) is 0.462. The number of hydrogen-bond donors (Lipinski definition) is 1. The van der Waals surface area contributed by atoms with Crippen molar-refractivity contribution in [3.05, 3.63) is 29.8 Å². The van der Waals surface area contributed by atoms with E-state index < -0.39 is 0 Å². The lowest BCUT2D eigenvalue weighted by Crippen LogP contribution is -2.50. The number of Topliss-reactive ketones (excluding diaryl/α,β-unsaturated/α-hetero) is 1. The Bertz CT molecular complexity index is 380. The first-order valence-corrected chi connectivity index (χ1v) is 5.99. The minimum atomic E-state index is 0.122. The second kappa shape index (κ2) is 5.29. The van der Waals surface area contributed by atoms with Crippen molar-refractivity contribution < 1.29 is 4.79 Å². The van der Waals surface area contributed by atoms with Crippen molar-refractivity contribution in [2.24, 2.45) is 0 Å². The molecule has 17 heavy (non-hydrogen) atoms. The normalized spacial score (nSPS) is 17.2. The fourth-order valence-corrected chi connectivity index (χ4v) is 2.10. The number of ketones is 1. The van der Waals surface area contributed by atoms with Crippen molar-refractivity contribution in [3.8, 4) is 0 Å². The lowest BCUT2D eigenvalue weighted by molar-refractivity contribution is 0.101. The quantitative estimate of drug-likeness (QED) is 0.794. The molecule has 1 aromatic carbocycles. The van der Waals surface area contributed by atoms with Gasteiger partial charge in [0, 0.05) is 37.4 Å². The number of carbonyl (C=O) groups excluding carboxylic acids is 1. The molecule has 1 saturated heterocycles. The summed E-state index contributed by atoms with van der Waals surface area (Å²) >= 11 is 0. The molecule has 1 heterocycles. The zero-order chi connectivity index (χ0) is 12.3. The molecule has 0 radical (unpaired) electrons.